The van der Waals surface area contributed by atoms with Crippen LogP contribution in [-0.2, 0) is 9.84 Å². The lowest BCUT2D eigenvalue weighted by molar-refractivity contribution is 0.504. The first-order valence-electron chi connectivity index (χ1n) is 7.26. The lowest BCUT2D eigenvalue weighted by atomic mass is 10.1. The summed E-state index contributed by atoms with van der Waals surface area (Å²) in [6.45, 7) is 1.73. The molecule has 0 amide bonds. The summed E-state index contributed by atoms with van der Waals surface area (Å²) >= 11 is 5.97. The number of oxazole rings is 1. The second-order valence-corrected chi connectivity index (χ2v) is 8.06. The second-order valence-electron chi connectivity index (χ2n) is 5.70. The van der Waals surface area contributed by atoms with Gasteiger partial charge in [-0.1, -0.05) is 11.6 Å². The van der Waals surface area contributed by atoms with E-state index in [0.29, 0.717) is 22.5 Å². The molecule has 3 aromatic rings. The van der Waals surface area contributed by atoms with Gasteiger partial charge in [0, 0.05) is 16.8 Å². The first-order valence-corrected chi connectivity index (χ1v) is 9.53. The SMILES string of the molecule is Cc1cc(-n2c(-c3cc(F)c(S(C)(=O)=O)c(F)c3)coc2=O)ccc1Cl. The van der Waals surface area contributed by atoms with E-state index in [2.05, 4.69) is 0 Å². The molecule has 0 bridgehead atoms. The second kappa shape index (κ2) is 6.37. The third kappa shape index (κ3) is 3.17. The number of hydrogen-bond donors (Lipinski definition) is 0. The molecule has 0 aliphatic rings. The van der Waals surface area contributed by atoms with Gasteiger partial charge >= 0.3 is 5.76 Å². The van der Waals surface area contributed by atoms with Crippen LogP contribution in [-0.4, -0.2) is 19.2 Å². The Balaban J connectivity index is 2.24. The van der Waals surface area contributed by atoms with E-state index in [1.54, 1.807) is 25.1 Å². The predicted octanol–water partition coefficient (Wildman–Crippen LogP) is 3.74. The summed E-state index contributed by atoms with van der Waals surface area (Å²) in [5.41, 5.74) is 1.09. The fourth-order valence-electron chi connectivity index (χ4n) is 2.58. The molecular weight excluding hydrogens is 388 g/mol. The molecule has 5 nitrogen and oxygen atoms in total. The van der Waals surface area contributed by atoms with Crippen molar-refractivity contribution in [3.05, 3.63) is 69.4 Å². The lowest BCUT2D eigenvalue weighted by Gasteiger charge is -2.10. The number of benzene rings is 2. The third-order valence-corrected chi connectivity index (χ3v) is 5.32. The smallest absolute Gasteiger partial charge is 0.415 e. The van der Waals surface area contributed by atoms with Gasteiger partial charge in [0.2, 0.25) is 0 Å². The molecule has 0 fully saturated rings. The van der Waals surface area contributed by atoms with Crippen molar-refractivity contribution in [1.29, 1.82) is 0 Å². The number of hydrogen-bond acceptors (Lipinski definition) is 4. The van der Waals surface area contributed by atoms with Gasteiger partial charge in [0.05, 0.1) is 11.4 Å². The highest BCUT2D eigenvalue weighted by atomic mass is 35.5. The van der Waals surface area contributed by atoms with Crippen LogP contribution in [0, 0.1) is 18.6 Å². The van der Waals surface area contributed by atoms with Crippen molar-refractivity contribution in [3.63, 3.8) is 0 Å². The van der Waals surface area contributed by atoms with Crippen molar-refractivity contribution in [2.24, 2.45) is 0 Å². The van der Waals surface area contributed by atoms with Crippen LogP contribution in [0.4, 0.5) is 8.78 Å². The number of rotatable bonds is 3. The number of halogens is 3. The molecule has 9 heteroatoms. The maximum atomic E-state index is 14.2. The summed E-state index contributed by atoms with van der Waals surface area (Å²) in [4.78, 5) is 11.1. The Kier molecular flexibility index (Phi) is 4.49. The van der Waals surface area contributed by atoms with Crippen molar-refractivity contribution in [1.82, 2.24) is 4.57 Å². The van der Waals surface area contributed by atoms with Gasteiger partial charge in [-0.05, 0) is 42.8 Å². The average molecular weight is 400 g/mol. The summed E-state index contributed by atoms with van der Waals surface area (Å²) in [7, 11) is -4.09. The van der Waals surface area contributed by atoms with Crippen molar-refractivity contribution >= 4 is 21.4 Å². The molecule has 0 N–H and O–H groups in total. The summed E-state index contributed by atoms with van der Waals surface area (Å²) < 4.78 is 57.4. The zero-order chi connectivity index (χ0) is 19.2. The van der Waals surface area contributed by atoms with E-state index in [1.807, 2.05) is 0 Å². The van der Waals surface area contributed by atoms with Gasteiger partial charge in [0.15, 0.2) is 9.84 Å². The topological polar surface area (TPSA) is 69.3 Å². The Hall–Kier alpha value is -2.45. The van der Waals surface area contributed by atoms with Gasteiger partial charge in [-0.3, -0.25) is 0 Å². The number of nitrogens with zero attached hydrogens (tertiary/aromatic N) is 1. The molecule has 2 aromatic carbocycles. The predicted molar refractivity (Wildman–Crippen MR) is 92.5 cm³/mol. The van der Waals surface area contributed by atoms with Gasteiger partial charge in [0.25, 0.3) is 0 Å². The van der Waals surface area contributed by atoms with E-state index in [1.165, 1.54) is 0 Å². The van der Waals surface area contributed by atoms with Crippen molar-refractivity contribution in [2.45, 2.75) is 11.8 Å². The molecule has 0 aliphatic carbocycles. The number of aryl methyl sites for hydroxylation is 1. The average Bonchev–Trinajstić information content (AvgIpc) is 2.89. The van der Waals surface area contributed by atoms with Crippen LogP contribution in [0.2, 0.25) is 5.02 Å². The Labute approximate surface area is 152 Å². The molecule has 0 radical (unpaired) electrons. The molecule has 0 unspecified atom stereocenters. The van der Waals surface area contributed by atoms with Crippen LogP contribution >= 0.6 is 11.6 Å². The molecule has 1 aromatic heterocycles. The van der Waals surface area contributed by atoms with Gasteiger partial charge in [-0.15, -0.1) is 0 Å². The van der Waals surface area contributed by atoms with E-state index in [0.717, 1.165) is 23.0 Å². The highest BCUT2D eigenvalue weighted by molar-refractivity contribution is 7.90. The Morgan fingerprint density at radius 3 is 2.27 bits per heavy atom. The first-order chi connectivity index (χ1) is 12.1. The van der Waals surface area contributed by atoms with Crippen LogP contribution in [0.1, 0.15) is 5.56 Å². The number of aromatic nitrogens is 1. The Morgan fingerprint density at radius 1 is 1.12 bits per heavy atom. The van der Waals surface area contributed by atoms with E-state index in [4.69, 9.17) is 16.0 Å². The third-order valence-electron chi connectivity index (χ3n) is 3.76. The lowest BCUT2D eigenvalue weighted by Crippen LogP contribution is -2.13. The largest absolute Gasteiger partial charge is 0.424 e. The minimum atomic E-state index is -4.09. The van der Waals surface area contributed by atoms with Crippen LogP contribution in [0.5, 0.6) is 0 Å². The zero-order valence-electron chi connectivity index (χ0n) is 13.6. The highest BCUT2D eigenvalue weighted by Crippen LogP contribution is 2.29. The van der Waals surface area contributed by atoms with Gasteiger partial charge < -0.3 is 4.42 Å². The fourth-order valence-corrected chi connectivity index (χ4v) is 3.53. The summed E-state index contributed by atoms with van der Waals surface area (Å²) in [6.07, 6.45) is 1.75. The minimum Gasteiger partial charge on any atom is -0.415 e. The van der Waals surface area contributed by atoms with Crippen LogP contribution in [0.15, 0.2) is 50.7 Å². The van der Waals surface area contributed by atoms with E-state index >= 15 is 0 Å². The quantitative estimate of drug-likeness (QED) is 0.672. The Morgan fingerprint density at radius 2 is 1.73 bits per heavy atom. The van der Waals surface area contributed by atoms with Crippen molar-refractivity contribution in [3.8, 4) is 16.9 Å². The van der Waals surface area contributed by atoms with E-state index in [-0.39, 0.29) is 11.3 Å². The molecule has 0 spiro atoms. The minimum absolute atomic E-state index is 0.0501. The maximum Gasteiger partial charge on any atom is 0.424 e. The van der Waals surface area contributed by atoms with Crippen molar-refractivity contribution in [2.75, 3.05) is 6.26 Å². The first kappa shape index (κ1) is 18.3. The summed E-state index contributed by atoms with van der Waals surface area (Å²) in [5, 5.41) is 0.487. The van der Waals surface area contributed by atoms with Crippen LogP contribution in [0.3, 0.4) is 0 Å². The summed E-state index contributed by atoms with van der Waals surface area (Å²) in [6, 6.07) is 6.41. The van der Waals surface area contributed by atoms with E-state index < -0.39 is 32.1 Å². The standard InChI is InChI=1S/C17H12ClF2NO4S/c1-9-5-11(3-4-12(9)18)21-15(8-25-17(21)22)10-6-13(19)16(14(20)7-10)26(2,23)24/h3-8H,1-2H3. The number of sulfone groups is 1. The maximum absolute atomic E-state index is 14.2. The van der Waals surface area contributed by atoms with Gasteiger partial charge in [-0.2, -0.15) is 0 Å². The molecule has 3 rings (SSSR count). The molecular formula is C17H12ClF2NO4S. The summed E-state index contributed by atoms with van der Waals surface area (Å²) in [5.74, 6) is -3.28. The van der Waals surface area contributed by atoms with Crippen molar-refractivity contribution < 1.29 is 21.6 Å². The molecule has 136 valence electrons. The molecule has 0 saturated heterocycles. The highest BCUT2D eigenvalue weighted by Gasteiger charge is 2.23. The van der Waals surface area contributed by atoms with Gasteiger partial charge in [-0.25, -0.2) is 26.6 Å². The normalized spacial score (nSPS) is 11.7. The molecule has 0 atom stereocenters. The molecule has 26 heavy (non-hydrogen) atoms. The van der Waals surface area contributed by atoms with Gasteiger partial charge in [0.1, 0.15) is 22.8 Å². The Bertz CT molecular complexity index is 1160. The molecule has 0 aliphatic heterocycles. The molecule has 1 heterocycles. The fraction of sp³-hybridized carbons (Fsp3) is 0.118. The zero-order valence-corrected chi connectivity index (χ0v) is 15.2. The van der Waals surface area contributed by atoms with Crippen LogP contribution in [0.25, 0.3) is 16.9 Å². The van der Waals surface area contributed by atoms with E-state index in [9.17, 15) is 22.0 Å². The van der Waals surface area contributed by atoms with Crippen LogP contribution < -0.4 is 5.76 Å². The monoisotopic (exact) mass is 399 g/mol. The molecule has 0 saturated carbocycles.